The van der Waals surface area contributed by atoms with Crippen molar-refractivity contribution >= 4 is 0 Å². The van der Waals surface area contributed by atoms with Crippen molar-refractivity contribution in [1.29, 1.82) is 0 Å². The van der Waals surface area contributed by atoms with Crippen LogP contribution in [0.4, 0.5) is 0 Å². The van der Waals surface area contributed by atoms with E-state index in [9.17, 15) is 5.11 Å². The van der Waals surface area contributed by atoms with Crippen molar-refractivity contribution in [1.82, 2.24) is 10.2 Å². The fraction of sp³-hybridized carbons (Fsp3) is 1.00. The highest BCUT2D eigenvalue weighted by Gasteiger charge is 2.33. The molecule has 1 fully saturated rings. The summed E-state index contributed by atoms with van der Waals surface area (Å²) in [5.74, 6) is 0.785. The highest BCUT2D eigenvalue weighted by Crippen LogP contribution is 2.26. The van der Waals surface area contributed by atoms with Gasteiger partial charge in [-0.3, -0.25) is 0 Å². The molecule has 3 heteroatoms. The van der Waals surface area contributed by atoms with Crippen LogP contribution >= 0.6 is 0 Å². The Bertz CT molecular complexity index is 249. The first-order chi connectivity index (χ1) is 9.59. The van der Waals surface area contributed by atoms with Crippen molar-refractivity contribution < 1.29 is 5.11 Å². The third-order valence-corrected chi connectivity index (χ3v) is 4.91. The summed E-state index contributed by atoms with van der Waals surface area (Å²) < 4.78 is 0. The monoisotopic (exact) mass is 284 g/mol. The fourth-order valence-corrected chi connectivity index (χ4v) is 2.84. The lowest BCUT2D eigenvalue weighted by molar-refractivity contribution is 0.135. The van der Waals surface area contributed by atoms with Gasteiger partial charge in [0.05, 0.1) is 6.61 Å². The van der Waals surface area contributed by atoms with E-state index < -0.39 is 0 Å². The topological polar surface area (TPSA) is 35.5 Å². The van der Waals surface area contributed by atoms with Crippen molar-refractivity contribution in [3.63, 3.8) is 0 Å². The molecule has 0 saturated heterocycles. The van der Waals surface area contributed by atoms with Crippen LogP contribution in [0.5, 0.6) is 0 Å². The summed E-state index contributed by atoms with van der Waals surface area (Å²) in [6.45, 7) is 12.8. The van der Waals surface area contributed by atoms with Crippen LogP contribution in [0.3, 0.4) is 0 Å². The van der Waals surface area contributed by atoms with Gasteiger partial charge in [0, 0.05) is 18.1 Å². The molecule has 0 spiro atoms. The molecule has 3 nitrogen and oxygen atoms in total. The van der Waals surface area contributed by atoms with Gasteiger partial charge < -0.3 is 15.3 Å². The SMILES string of the molecule is CCC(C)CN(CC)CCCC(CC)(CO)NC1CC1. The third-order valence-electron chi connectivity index (χ3n) is 4.91. The van der Waals surface area contributed by atoms with E-state index in [4.69, 9.17) is 0 Å². The van der Waals surface area contributed by atoms with E-state index in [0.29, 0.717) is 6.04 Å². The van der Waals surface area contributed by atoms with Crippen LogP contribution in [-0.4, -0.2) is 47.8 Å². The lowest BCUT2D eigenvalue weighted by atomic mass is 9.90. The first kappa shape index (κ1) is 17.9. The van der Waals surface area contributed by atoms with Gasteiger partial charge in [0.2, 0.25) is 0 Å². The van der Waals surface area contributed by atoms with Gasteiger partial charge in [-0.05, 0) is 51.1 Å². The largest absolute Gasteiger partial charge is 0.394 e. The molecular weight excluding hydrogens is 248 g/mol. The van der Waals surface area contributed by atoms with Crippen molar-refractivity contribution in [3.8, 4) is 0 Å². The zero-order valence-corrected chi connectivity index (χ0v) is 14.1. The van der Waals surface area contributed by atoms with E-state index in [2.05, 4.69) is 37.9 Å². The average molecular weight is 284 g/mol. The molecule has 2 unspecified atom stereocenters. The standard InChI is InChI=1S/C17H36N2O/c1-5-15(4)13-19(7-3)12-8-11-17(6-2,14-20)18-16-9-10-16/h15-16,18,20H,5-14H2,1-4H3. The van der Waals surface area contributed by atoms with Gasteiger partial charge in [-0.25, -0.2) is 0 Å². The Morgan fingerprint density at radius 3 is 2.45 bits per heavy atom. The van der Waals surface area contributed by atoms with Gasteiger partial charge in [-0.1, -0.05) is 34.1 Å². The van der Waals surface area contributed by atoms with Crippen LogP contribution in [0.1, 0.15) is 66.2 Å². The summed E-state index contributed by atoms with van der Waals surface area (Å²) in [7, 11) is 0. The second-order valence-corrected chi connectivity index (χ2v) is 6.72. The molecule has 2 N–H and O–H groups in total. The lowest BCUT2D eigenvalue weighted by Crippen LogP contribution is -2.49. The molecule has 1 rings (SSSR count). The molecule has 0 heterocycles. The molecule has 0 radical (unpaired) electrons. The van der Waals surface area contributed by atoms with Crippen molar-refractivity contribution in [2.24, 2.45) is 5.92 Å². The Hall–Kier alpha value is -0.120. The Morgan fingerprint density at radius 2 is 2.00 bits per heavy atom. The second-order valence-electron chi connectivity index (χ2n) is 6.72. The van der Waals surface area contributed by atoms with E-state index >= 15 is 0 Å². The van der Waals surface area contributed by atoms with Crippen LogP contribution in [0.2, 0.25) is 0 Å². The molecule has 0 aromatic heterocycles. The maximum absolute atomic E-state index is 9.78. The number of rotatable bonds is 12. The molecular formula is C17H36N2O. The average Bonchev–Trinajstić information content (AvgIpc) is 3.28. The Labute approximate surface area is 126 Å². The van der Waals surface area contributed by atoms with Crippen LogP contribution in [-0.2, 0) is 0 Å². The third kappa shape index (κ3) is 6.11. The van der Waals surface area contributed by atoms with Gasteiger partial charge >= 0.3 is 0 Å². The predicted octanol–water partition coefficient (Wildman–Crippen LogP) is 3.03. The molecule has 1 aliphatic carbocycles. The van der Waals surface area contributed by atoms with Gasteiger partial charge in [-0.2, -0.15) is 0 Å². The molecule has 0 aromatic carbocycles. The summed E-state index contributed by atoms with van der Waals surface area (Å²) in [5.41, 5.74) is -0.0308. The Morgan fingerprint density at radius 1 is 1.30 bits per heavy atom. The summed E-state index contributed by atoms with van der Waals surface area (Å²) >= 11 is 0. The van der Waals surface area contributed by atoms with E-state index in [1.54, 1.807) is 0 Å². The lowest BCUT2D eigenvalue weighted by Gasteiger charge is -2.33. The van der Waals surface area contributed by atoms with Crippen LogP contribution in [0, 0.1) is 5.92 Å². The van der Waals surface area contributed by atoms with Crippen LogP contribution in [0.15, 0.2) is 0 Å². The highest BCUT2D eigenvalue weighted by molar-refractivity contribution is 4.94. The first-order valence-electron chi connectivity index (χ1n) is 8.70. The number of nitrogens with zero attached hydrogens (tertiary/aromatic N) is 1. The van der Waals surface area contributed by atoms with Gasteiger partial charge in [0.1, 0.15) is 0 Å². The van der Waals surface area contributed by atoms with Gasteiger partial charge in [0.15, 0.2) is 0 Å². The maximum Gasteiger partial charge on any atom is 0.0613 e. The summed E-state index contributed by atoms with van der Waals surface area (Å²) in [5, 5.41) is 13.5. The van der Waals surface area contributed by atoms with E-state index in [-0.39, 0.29) is 12.1 Å². The zero-order valence-electron chi connectivity index (χ0n) is 14.1. The molecule has 0 aliphatic heterocycles. The quantitative estimate of drug-likeness (QED) is 0.578. The van der Waals surface area contributed by atoms with Gasteiger partial charge in [0.25, 0.3) is 0 Å². The number of hydrogen-bond donors (Lipinski definition) is 2. The number of nitrogens with one attached hydrogen (secondary N) is 1. The minimum atomic E-state index is -0.0308. The highest BCUT2D eigenvalue weighted by atomic mass is 16.3. The molecule has 120 valence electrons. The van der Waals surface area contributed by atoms with E-state index in [1.807, 2.05) is 0 Å². The fourth-order valence-electron chi connectivity index (χ4n) is 2.84. The minimum absolute atomic E-state index is 0.0308. The Balaban J connectivity index is 2.34. The zero-order chi connectivity index (χ0) is 15.0. The van der Waals surface area contributed by atoms with Crippen LogP contribution in [0.25, 0.3) is 0 Å². The van der Waals surface area contributed by atoms with E-state index in [1.165, 1.54) is 32.2 Å². The summed E-state index contributed by atoms with van der Waals surface area (Å²) in [6.07, 6.45) is 7.13. The molecule has 1 saturated carbocycles. The number of aliphatic hydroxyl groups is 1. The first-order valence-corrected chi connectivity index (χ1v) is 8.70. The van der Waals surface area contributed by atoms with Crippen molar-refractivity contribution in [2.75, 3.05) is 26.2 Å². The number of aliphatic hydroxyl groups excluding tert-OH is 1. The molecule has 0 amide bonds. The molecule has 20 heavy (non-hydrogen) atoms. The number of hydrogen-bond acceptors (Lipinski definition) is 3. The van der Waals surface area contributed by atoms with E-state index in [0.717, 1.165) is 31.8 Å². The second kappa shape index (κ2) is 9.01. The van der Waals surface area contributed by atoms with Crippen molar-refractivity contribution in [3.05, 3.63) is 0 Å². The minimum Gasteiger partial charge on any atom is -0.394 e. The molecule has 1 aliphatic rings. The smallest absolute Gasteiger partial charge is 0.0613 e. The molecule has 0 bridgehead atoms. The molecule has 2 atom stereocenters. The van der Waals surface area contributed by atoms with Crippen molar-refractivity contribution in [2.45, 2.75) is 77.8 Å². The predicted molar refractivity (Wildman–Crippen MR) is 87.1 cm³/mol. The summed E-state index contributed by atoms with van der Waals surface area (Å²) in [4.78, 5) is 2.56. The Kier molecular flexibility index (Phi) is 8.08. The van der Waals surface area contributed by atoms with Gasteiger partial charge in [-0.15, -0.1) is 0 Å². The molecule has 0 aromatic rings. The normalized spacial score (nSPS) is 20.1. The maximum atomic E-state index is 9.78. The van der Waals surface area contributed by atoms with Crippen LogP contribution < -0.4 is 5.32 Å². The summed E-state index contributed by atoms with van der Waals surface area (Å²) in [6, 6.07) is 0.671.